The van der Waals surface area contributed by atoms with Crippen LogP contribution in [0.4, 0.5) is 13.2 Å². The summed E-state index contributed by atoms with van der Waals surface area (Å²) < 4.78 is 43.0. The van der Waals surface area contributed by atoms with E-state index in [4.69, 9.17) is 0 Å². The largest absolute Gasteiger partial charge is 0.573 e. The molecule has 23 heavy (non-hydrogen) atoms. The fraction of sp³-hybridized carbons (Fsp3) is 0.0667. The molecule has 0 N–H and O–H groups in total. The van der Waals surface area contributed by atoms with Crippen LogP contribution < -0.4 is 4.74 Å². The second-order valence-electron chi connectivity index (χ2n) is 4.56. The number of halogens is 4. The lowest BCUT2D eigenvalue weighted by Gasteiger charge is -2.10. The van der Waals surface area contributed by atoms with Gasteiger partial charge < -0.3 is 4.74 Å². The van der Waals surface area contributed by atoms with Crippen LogP contribution in [0.5, 0.6) is 5.75 Å². The number of nitrogens with zero attached hydrogens (tertiary/aromatic N) is 3. The van der Waals surface area contributed by atoms with Crippen LogP contribution >= 0.6 is 15.9 Å². The zero-order valence-corrected chi connectivity index (χ0v) is 13.0. The summed E-state index contributed by atoms with van der Waals surface area (Å²) in [5.74, 6) is 0.380. The van der Waals surface area contributed by atoms with Crippen molar-refractivity contribution in [3.05, 3.63) is 59.6 Å². The molecular weight excluding hydrogens is 375 g/mol. The van der Waals surface area contributed by atoms with E-state index in [9.17, 15) is 13.2 Å². The van der Waals surface area contributed by atoms with Crippen molar-refractivity contribution in [1.82, 2.24) is 14.5 Å². The maximum absolute atomic E-state index is 12.2. The number of hydrogen-bond donors (Lipinski definition) is 0. The van der Waals surface area contributed by atoms with E-state index in [-0.39, 0.29) is 5.75 Å². The van der Waals surface area contributed by atoms with Gasteiger partial charge in [0.2, 0.25) is 0 Å². The van der Waals surface area contributed by atoms with E-state index in [2.05, 4.69) is 30.6 Å². The average Bonchev–Trinajstić information content (AvgIpc) is 2.96. The van der Waals surface area contributed by atoms with Crippen molar-refractivity contribution >= 4 is 15.9 Å². The number of ether oxygens (including phenoxy) is 1. The van der Waals surface area contributed by atoms with Gasteiger partial charge in [0.05, 0.1) is 11.9 Å². The summed E-state index contributed by atoms with van der Waals surface area (Å²) in [4.78, 5) is 8.35. The molecule has 2 aromatic heterocycles. The van der Waals surface area contributed by atoms with Crippen LogP contribution in [0, 0.1) is 0 Å². The topological polar surface area (TPSA) is 39.9 Å². The highest BCUT2D eigenvalue weighted by atomic mass is 79.9. The Balaban J connectivity index is 1.91. The quantitative estimate of drug-likeness (QED) is 0.663. The molecule has 1 aromatic carbocycles. The number of hydrogen-bond acceptors (Lipinski definition) is 3. The molecule has 3 rings (SSSR count). The number of rotatable bonds is 3. The summed E-state index contributed by atoms with van der Waals surface area (Å²) in [7, 11) is 0. The van der Waals surface area contributed by atoms with E-state index in [0.717, 1.165) is 4.47 Å². The monoisotopic (exact) mass is 383 g/mol. The molecule has 0 fully saturated rings. The van der Waals surface area contributed by atoms with E-state index in [1.165, 1.54) is 24.3 Å². The average molecular weight is 384 g/mol. The highest BCUT2D eigenvalue weighted by Gasteiger charge is 2.31. The molecule has 3 aromatic rings. The molecule has 0 bridgehead atoms. The van der Waals surface area contributed by atoms with E-state index in [0.29, 0.717) is 17.1 Å². The molecule has 0 atom stereocenters. The first-order valence-electron chi connectivity index (χ1n) is 6.43. The minimum Gasteiger partial charge on any atom is -0.406 e. The third kappa shape index (κ3) is 3.70. The van der Waals surface area contributed by atoms with Crippen molar-refractivity contribution in [3.63, 3.8) is 0 Å². The molecule has 0 radical (unpaired) electrons. The van der Waals surface area contributed by atoms with Gasteiger partial charge in [0.1, 0.15) is 17.9 Å². The highest BCUT2D eigenvalue weighted by Crippen LogP contribution is 2.27. The van der Waals surface area contributed by atoms with Gasteiger partial charge in [0.25, 0.3) is 0 Å². The Labute approximate surface area is 137 Å². The van der Waals surface area contributed by atoms with Gasteiger partial charge in [-0.1, -0.05) is 0 Å². The Morgan fingerprint density at radius 3 is 2.35 bits per heavy atom. The molecule has 2 heterocycles. The zero-order chi connectivity index (χ0) is 16.4. The fourth-order valence-electron chi connectivity index (χ4n) is 2.03. The maximum Gasteiger partial charge on any atom is 0.573 e. The second kappa shape index (κ2) is 6.04. The minimum absolute atomic E-state index is 0.269. The molecule has 118 valence electrons. The standard InChI is InChI=1S/C15H9BrF3N3O/c16-11-3-6-14(21-7-11)22-9-20-8-13(22)10-1-4-12(5-2-10)23-15(17,18)19/h1-9H. The molecule has 0 saturated carbocycles. The van der Waals surface area contributed by atoms with Crippen molar-refractivity contribution in [2.75, 3.05) is 0 Å². The molecule has 0 unspecified atom stereocenters. The van der Waals surface area contributed by atoms with Gasteiger partial charge in [-0.3, -0.25) is 4.57 Å². The van der Waals surface area contributed by atoms with Gasteiger partial charge >= 0.3 is 6.36 Å². The van der Waals surface area contributed by atoms with Gasteiger partial charge in [-0.05, 0) is 52.3 Å². The summed E-state index contributed by atoms with van der Waals surface area (Å²) in [5.41, 5.74) is 1.40. The number of aromatic nitrogens is 3. The van der Waals surface area contributed by atoms with Gasteiger partial charge in [-0.2, -0.15) is 0 Å². The third-order valence-corrected chi connectivity index (χ3v) is 3.45. The third-order valence-electron chi connectivity index (χ3n) is 2.98. The minimum atomic E-state index is -4.70. The first-order valence-corrected chi connectivity index (χ1v) is 7.22. The van der Waals surface area contributed by atoms with Crippen molar-refractivity contribution in [2.24, 2.45) is 0 Å². The number of benzene rings is 1. The van der Waals surface area contributed by atoms with Crippen molar-refractivity contribution in [1.29, 1.82) is 0 Å². The SMILES string of the molecule is FC(F)(F)Oc1ccc(-c2cncn2-c2ccc(Br)cn2)cc1. The first kappa shape index (κ1) is 15.5. The fourth-order valence-corrected chi connectivity index (χ4v) is 2.26. The lowest BCUT2D eigenvalue weighted by atomic mass is 10.1. The Morgan fingerprint density at radius 1 is 1.00 bits per heavy atom. The summed E-state index contributed by atoms with van der Waals surface area (Å²) in [6.45, 7) is 0. The Kier molecular flexibility index (Phi) is 4.08. The summed E-state index contributed by atoms with van der Waals surface area (Å²) >= 11 is 3.31. The summed E-state index contributed by atoms with van der Waals surface area (Å²) in [6, 6.07) is 9.23. The molecular formula is C15H9BrF3N3O. The Bertz CT molecular complexity index is 798. The van der Waals surface area contributed by atoms with E-state index in [1.54, 1.807) is 29.4 Å². The predicted octanol–water partition coefficient (Wildman–Crippen LogP) is 4.60. The van der Waals surface area contributed by atoms with Gasteiger partial charge in [0, 0.05) is 16.2 Å². The van der Waals surface area contributed by atoms with Crippen LogP contribution in [-0.4, -0.2) is 20.9 Å². The molecule has 0 spiro atoms. The zero-order valence-electron chi connectivity index (χ0n) is 11.5. The molecule has 8 heteroatoms. The number of imidazole rings is 1. The molecule has 0 aliphatic rings. The second-order valence-corrected chi connectivity index (χ2v) is 5.47. The number of pyridine rings is 1. The normalized spacial score (nSPS) is 11.5. The molecule has 4 nitrogen and oxygen atoms in total. The smallest absolute Gasteiger partial charge is 0.406 e. The van der Waals surface area contributed by atoms with E-state index >= 15 is 0 Å². The van der Waals surface area contributed by atoms with Crippen LogP contribution in [0.15, 0.2) is 59.6 Å². The molecule has 0 amide bonds. The van der Waals surface area contributed by atoms with E-state index < -0.39 is 6.36 Å². The Hall–Kier alpha value is -2.35. The van der Waals surface area contributed by atoms with Crippen LogP contribution in [0.3, 0.4) is 0 Å². The van der Waals surface area contributed by atoms with Crippen LogP contribution in [0.25, 0.3) is 17.1 Å². The van der Waals surface area contributed by atoms with Crippen LogP contribution in [0.2, 0.25) is 0 Å². The van der Waals surface area contributed by atoms with Crippen LogP contribution in [0.1, 0.15) is 0 Å². The van der Waals surface area contributed by atoms with Crippen molar-refractivity contribution in [3.8, 4) is 22.8 Å². The van der Waals surface area contributed by atoms with Gasteiger partial charge in [-0.15, -0.1) is 13.2 Å². The van der Waals surface area contributed by atoms with Crippen molar-refractivity contribution in [2.45, 2.75) is 6.36 Å². The molecule has 0 saturated heterocycles. The van der Waals surface area contributed by atoms with Gasteiger partial charge in [-0.25, -0.2) is 9.97 Å². The van der Waals surface area contributed by atoms with Gasteiger partial charge in [0.15, 0.2) is 0 Å². The maximum atomic E-state index is 12.2. The molecule has 0 aliphatic carbocycles. The first-order chi connectivity index (χ1) is 10.9. The summed E-state index contributed by atoms with van der Waals surface area (Å²) in [5, 5.41) is 0. The van der Waals surface area contributed by atoms with E-state index in [1.807, 2.05) is 6.07 Å². The predicted molar refractivity (Wildman–Crippen MR) is 81.2 cm³/mol. The van der Waals surface area contributed by atoms with Crippen LogP contribution in [-0.2, 0) is 0 Å². The highest BCUT2D eigenvalue weighted by molar-refractivity contribution is 9.10. The molecule has 0 aliphatic heterocycles. The lowest BCUT2D eigenvalue weighted by Crippen LogP contribution is -2.16. The summed E-state index contributed by atoms with van der Waals surface area (Å²) in [6.07, 6.45) is 0.152. The van der Waals surface area contributed by atoms with Crippen molar-refractivity contribution < 1.29 is 17.9 Å². The number of alkyl halides is 3. The Morgan fingerprint density at radius 2 is 1.74 bits per heavy atom. The lowest BCUT2D eigenvalue weighted by molar-refractivity contribution is -0.274.